The van der Waals surface area contributed by atoms with Crippen LogP contribution >= 0.6 is 0 Å². The molecular weight excluding hydrogens is 368 g/mol. The second-order valence-electron chi connectivity index (χ2n) is 7.29. The predicted octanol–water partition coefficient (Wildman–Crippen LogP) is 1.81. The van der Waals surface area contributed by atoms with Crippen molar-refractivity contribution in [2.75, 3.05) is 38.6 Å². The van der Waals surface area contributed by atoms with Gasteiger partial charge < -0.3 is 15.8 Å². The van der Waals surface area contributed by atoms with Crippen molar-refractivity contribution in [2.45, 2.75) is 19.4 Å². The van der Waals surface area contributed by atoms with Crippen molar-refractivity contribution in [3.63, 3.8) is 0 Å². The zero-order valence-corrected chi connectivity index (χ0v) is 16.5. The van der Waals surface area contributed by atoms with Gasteiger partial charge in [0.05, 0.1) is 30.5 Å². The van der Waals surface area contributed by atoms with Crippen LogP contribution in [-0.4, -0.2) is 58.3 Å². The number of rotatable bonds is 6. The van der Waals surface area contributed by atoms with Crippen molar-refractivity contribution in [3.8, 4) is 0 Å². The third kappa shape index (κ3) is 4.38. The highest BCUT2D eigenvalue weighted by molar-refractivity contribution is 5.98. The standard InChI is InChI=1S/C21H26N6O2/c1-15-13-19-23-14-17(20(22)27(19)25-15)21(28)24-18(16-5-3-2-4-6-16)7-8-26-9-11-29-12-10-26/h2-6,13-14,18H,7-12,22H2,1H3,(H,24,28)/t18-/m0/s1. The van der Waals surface area contributed by atoms with Crippen molar-refractivity contribution in [1.29, 1.82) is 0 Å². The number of nitrogens with one attached hydrogen (secondary N) is 1. The predicted molar refractivity (Wildman–Crippen MR) is 111 cm³/mol. The number of hydrogen-bond donors (Lipinski definition) is 2. The number of nitrogen functional groups attached to an aromatic ring is 1. The number of hydrogen-bond acceptors (Lipinski definition) is 6. The minimum Gasteiger partial charge on any atom is -0.383 e. The lowest BCUT2D eigenvalue weighted by molar-refractivity contribution is 0.0360. The van der Waals surface area contributed by atoms with Crippen LogP contribution in [0.15, 0.2) is 42.6 Å². The molecule has 0 saturated carbocycles. The van der Waals surface area contributed by atoms with Gasteiger partial charge in [-0.25, -0.2) is 4.98 Å². The van der Waals surface area contributed by atoms with Crippen LogP contribution in [0.3, 0.4) is 0 Å². The summed E-state index contributed by atoms with van der Waals surface area (Å²) >= 11 is 0. The Morgan fingerprint density at radius 2 is 2.03 bits per heavy atom. The van der Waals surface area contributed by atoms with E-state index in [1.165, 1.54) is 10.7 Å². The van der Waals surface area contributed by atoms with E-state index in [9.17, 15) is 4.79 Å². The molecular formula is C21H26N6O2. The molecule has 4 rings (SSSR count). The first kappa shape index (κ1) is 19.4. The third-order valence-corrected chi connectivity index (χ3v) is 5.23. The molecule has 3 heterocycles. The molecule has 0 aliphatic carbocycles. The van der Waals surface area contributed by atoms with Crippen molar-refractivity contribution in [2.24, 2.45) is 0 Å². The fourth-order valence-electron chi connectivity index (χ4n) is 3.62. The average Bonchev–Trinajstić information content (AvgIpc) is 3.14. The SMILES string of the molecule is Cc1cc2ncc(C(=O)N[C@@H](CCN3CCOCC3)c3ccccc3)c(N)n2n1. The first-order chi connectivity index (χ1) is 14.1. The van der Waals surface area contributed by atoms with Gasteiger partial charge in [0.1, 0.15) is 5.82 Å². The number of carbonyl (C=O) groups excluding carboxylic acids is 1. The molecule has 3 N–H and O–H groups in total. The van der Waals surface area contributed by atoms with E-state index in [1.54, 1.807) is 0 Å². The van der Waals surface area contributed by atoms with Crippen LogP contribution in [0.2, 0.25) is 0 Å². The summed E-state index contributed by atoms with van der Waals surface area (Å²) in [7, 11) is 0. The van der Waals surface area contributed by atoms with Gasteiger partial charge in [-0.3, -0.25) is 9.69 Å². The van der Waals surface area contributed by atoms with Gasteiger partial charge in [-0.2, -0.15) is 9.61 Å². The number of carbonyl (C=O) groups is 1. The minimum atomic E-state index is -0.249. The topological polar surface area (TPSA) is 97.8 Å². The molecule has 1 aliphatic heterocycles. The Bertz CT molecular complexity index is 982. The molecule has 0 bridgehead atoms. The largest absolute Gasteiger partial charge is 0.383 e. The van der Waals surface area contributed by atoms with Gasteiger partial charge in [0, 0.05) is 31.9 Å². The summed E-state index contributed by atoms with van der Waals surface area (Å²) in [6.45, 7) is 6.10. The Morgan fingerprint density at radius 3 is 2.79 bits per heavy atom. The number of ether oxygens (including phenoxy) is 1. The monoisotopic (exact) mass is 394 g/mol. The Hall–Kier alpha value is -2.97. The molecule has 152 valence electrons. The maximum Gasteiger partial charge on any atom is 0.257 e. The summed E-state index contributed by atoms with van der Waals surface area (Å²) in [6.07, 6.45) is 2.32. The molecule has 1 aliphatic rings. The number of morpholine rings is 1. The highest BCUT2D eigenvalue weighted by atomic mass is 16.5. The van der Waals surface area contributed by atoms with E-state index in [-0.39, 0.29) is 11.9 Å². The van der Waals surface area contributed by atoms with Crippen LogP contribution in [0.4, 0.5) is 5.82 Å². The van der Waals surface area contributed by atoms with E-state index in [4.69, 9.17) is 10.5 Å². The lowest BCUT2D eigenvalue weighted by Gasteiger charge is -2.29. The summed E-state index contributed by atoms with van der Waals surface area (Å²) in [5, 5.41) is 7.46. The van der Waals surface area contributed by atoms with Gasteiger partial charge in [0.15, 0.2) is 5.65 Å². The maximum atomic E-state index is 13.0. The van der Waals surface area contributed by atoms with Crippen LogP contribution in [0.5, 0.6) is 0 Å². The smallest absolute Gasteiger partial charge is 0.257 e. The quantitative estimate of drug-likeness (QED) is 0.662. The second kappa shape index (κ2) is 8.59. The van der Waals surface area contributed by atoms with E-state index in [0.717, 1.165) is 50.5 Å². The van der Waals surface area contributed by atoms with E-state index >= 15 is 0 Å². The highest BCUT2D eigenvalue weighted by Crippen LogP contribution is 2.20. The van der Waals surface area contributed by atoms with Crippen molar-refractivity contribution >= 4 is 17.4 Å². The van der Waals surface area contributed by atoms with E-state index in [0.29, 0.717) is 17.0 Å². The number of fused-ring (bicyclic) bond motifs is 1. The Kier molecular flexibility index (Phi) is 5.73. The fraction of sp³-hybridized carbons (Fsp3) is 0.381. The van der Waals surface area contributed by atoms with Crippen LogP contribution in [0, 0.1) is 6.92 Å². The van der Waals surface area contributed by atoms with Crippen molar-refractivity contribution in [1.82, 2.24) is 24.8 Å². The third-order valence-electron chi connectivity index (χ3n) is 5.23. The summed E-state index contributed by atoms with van der Waals surface area (Å²) in [5.74, 6) is 0.0430. The summed E-state index contributed by atoms with van der Waals surface area (Å²) in [4.78, 5) is 19.7. The number of aromatic nitrogens is 3. The van der Waals surface area contributed by atoms with Crippen molar-refractivity contribution < 1.29 is 9.53 Å². The number of aryl methyl sites for hydroxylation is 1. The molecule has 0 radical (unpaired) electrons. The van der Waals surface area contributed by atoms with Gasteiger partial charge in [0.25, 0.3) is 5.91 Å². The average molecular weight is 394 g/mol. The van der Waals surface area contributed by atoms with Crippen LogP contribution in [0.1, 0.15) is 34.1 Å². The summed E-state index contributed by atoms with van der Waals surface area (Å²) < 4.78 is 6.93. The second-order valence-corrected chi connectivity index (χ2v) is 7.29. The van der Waals surface area contributed by atoms with Gasteiger partial charge in [-0.15, -0.1) is 0 Å². The molecule has 1 saturated heterocycles. The normalized spacial score (nSPS) is 16.0. The number of nitrogens with zero attached hydrogens (tertiary/aromatic N) is 4. The Balaban J connectivity index is 1.53. The Morgan fingerprint density at radius 1 is 1.28 bits per heavy atom. The zero-order chi connectivity index (χ0) is 20.2. The summed E-state index contributed by atoms with van der Waals surface area (Å²) in [5.41, 5.74) is 9.04. The lowest BCUT2D eigenvalue weighted by atomic mass is 10.0. The number of benzene rings is 1. The molecule has 8 heteroatoms. The molecule has 3 aromatic rings. The molecule has 1 fully saturated rings. The molecule has 8 nitrogen and oxygen atoms in total. The van der Waals surface area contributed by atoms with Crippen LogP contribution in [0.25, 0.3) is 5.65 Å². The fourth-order valence-corrected chi connectivity index (χ4v) is 3.62. The minimum absolute atomic E-state index is 0.124. The van der Waals surface area contributed by atoms with Gasteiger partial charge in [-0.05, 0) is 18.9 Å². The first-order valence-corrected chi connectivity index (χ1v) is 9.88. The van der Waals surface area contributed by atoms with Crippen LogP contribution < -0.4 is 11.1 Å². The first-order valence-electron chi connectivity index (χ1n) is 9.88. The molecule has 1 amide bonds. The van der Waals surface area contributed by atoms with E-state index in [1.807, 2.05) is 43.3 Å². The van der Waals surface area contributed by atoms with Gasteiger partial charge in [0.2, 0.25) is 0 Å². The zero-order valence-electron chi connectivity index (χ0n) is 16.5. The molecule has 0 spiro atoms. The maximum absolute atomic E-state index is 13.0. The molecule has 1 atom stereocenters. The van der Waals surface area contributed by atoms with E-state index < -0.39 is 0 Å². The van der Waals surface area contributed by atoms with Crippen molar-refractivity contribution in [3.05, 3.63) is 59.4 Å². The van der Waals surface area contributed by atoms with E-state index in [2.05, 4.69) is 20.3 Å². The number of nitrogens with two attached hydrogens (primary N) is 1. The van der Waals surface area contributed by atoms with Crippen LogP contribution in [-0.2, 0) is 4.74 Å². The highest BCUT2D eigenvalue weighted by Gasteiger charge is 2.21. The number of amides is 1. The lowest BCUT2D eigenvalue weighted by Crippen LogP contribution is -2.39. The van der Waals surface area contributed by atoms with Gasteiger partial charge >= 0.3 is 0 Å². The Labute approximate surface area is 169 Å². The number of anilines is 1. The van der Waals surface area contributed by atoms with Gasteiger partial charge in [-0.1, -0.05) is 30.3 Å². The molecule has 0 unspecified atom stereocenters. The summed E-state index contributed by atoms with van der Waals surface area (Å²) in [6, 6.07) is 11.7. The molecule has 1 aromatic carbocycles. The molecule has 2 aromatic heterocycles. The molecule has 29 heavy (non-hydrogen) atoms.